The molecule has 1 aliphatic heterocycles. The minimum absolute atomic E-state index is 0.637. The van der Waals surface area contributed by atoms with Crippen LogP contribution in [-0.2, 0) is 0 Å². The molecule has 86 valence electrons. The lowest BCUT2D eigenvalue weighted by Gasteiger charge is -2.35. The molecule has 2 aromatic carbocycles. The van der Waals surface area contributed by atoms with Crippen LogP contribution in [0.1, 0.15) is 28.0 Å². The van der Waals surface area contributed by atoms with E-state index in [2.05, 4.69) is 42.5 Å². The van der Waals surface area contributed by atoms with Crippen molar-refractivity contribution in [2.45, 2.75) is 16.9 Å². The van der Waals surface area contributed by atoms with Crippen LogP contribution in [0.25, 0.3) is 0 Å². The van der Waals surface area contributed by atoms with Gasteiger partial charge in [-0.1, -0.05) is 54.1 Å². The van der Waals surface area contributed by atoms with Crippen molar-refractivity contribution in [3.8, 4) is 0 Å². The Kier molecular flexibility index (Phi) is 3.13. The first kappa shape index (κ1) is 11.2. The number of rotatable bonds is 2. The van der Waals surface area contributed by atoms with Crippen LogP contribution >= 0.6 is 23.4 Å². The van der Waals surface area contributed by atoms with E-state index in [1.165, 1.54) is 17.5 Å². The third kappa shape index (κ3) is 2.36. The van der Waals surface area contributed by atoms with E-state index in [0.717, 1.165) is 5.02 Å². The molecular formula is C15H13ClS. The van der Waals surface area contributed by atoms with Gasteiger partial charge in [-0.2, -0.15) is 0 Å². The monoisotopic (exact) mass is 260 g/mol. The van der Waals surface area contributed by atoms with Crippen LogP contribution in [0.4, 0.5) is 0 Å². The van der Waals surface area contributed by atoms with Crippen molar-refractivity contribution in [3.05, 3.63) is 70.7 Å². The average Bonchev–Trinajstić information content (AvgIpc) is 2.31. The molecule has 2 heteroatoms. The summed E-state index contributed by atoms with van der Waals surface area (Å²) in [4.78, 5) is 0. The fourth-order valence-electron chi connectivity index (χ4n) is 2.16. The minimum Gasteiger partial charge on any atom is -0.145 e. The first-order chi connectivity index (χ1) is 8.33. The van der Waals surface area contributed by atoms with Gasteiger partial charge >= 0.3 is 0 Å². The fourth-order valence-corrected chi connectivity index (χ4v) is 3.56. The number of benzene rings is 2. The number of hydrogen-bond donors (Lipinski definition) is 0. The van der Waals surface area contributed by atoms with E-state index < -0.39 is 0 Å². The highest BCUT2D eigenvalue weighted by atomic mass is 35.5. The van der Waals surface area contributed by atoms with Crippen molar-refractivity contribution >= 4 is 23.4 Å². The highest BCUT2D eigenvalue weighted by Crippen LogP contribution is 2.57. The summed E-state index contributed by atoms with van der Waals surface area (Å²) in [5.41, 5.74) is 2.84. The SMILES string of the molecule is Clc1ccc([C@H]2C[C@@H](c3ccccc3)S2)cc1. The van der Waals surface area contributed by atoms with Gasteiger partial charge in [0.2, 0.25) is 0 Å². The van der Waals surface area contributed by atoms with Gasteiger partial charge in [0.05, 0.1) is 0 Å². The van der Waals surface area contributed by atoms with Gasteiger partial charge < -0.3 is 0 Å². The van der Waals surface area contributed by atoms with Gasteiger partial charge in [-0.25, -0.2) is 0 Å². The molecular weight excluding hydrogens is 248 g/mol. The molecule has 17 heavy (non-hydrogen) atoms. The van der Waals surface area contributed by atoms with Gasteiger partial charge in [0.15, 0.2) is 0 Å². The van der Waals surface area contributed by atoms with E-state index in [0.29, 0.717) is 10.5 Å². The van der Waals surface area contributed by atoms with Crippen molar-refractivity contribution in [1.29, 1.82) is 0 Å². The standard InChI is InChI=1S/C15H13ClS/c16-13-8-6-12(7-9-13)15-10-14(17-15)11-4-2-1-3-5-11/h1-9,14-15H,10H2/t14-,15+/m0/s1. The van der Waals surface area contributed by atoms with Gasteiger partial charge in [-0.05, 0) is 29.7 Å². The summed E-state index contributed by atoms with van der Waals surface area (Å²) in [5.74, 6) is 0. The van der Waals surface area contributed by atoms with Crippen LogP contribution < -0.4 is 0 Å². The van der Waals surface area contributed by atoms with Crippen LogP contribution in [0, 0.1) is 0 Å². The smallest absolute Gasteiger partial charge is 0.0406 e. The second-order valence-corrected chi connectivity index (χ2v) is 6.16. The normalized spacial score (nSPS) is 23.1. The molecule has 1 fully saturated rings. The second kappa shape index (κ2) is 4.75. The minimum atomic E-state index is 0.637. The molecule has 1 saturated heterocycles. The average molecular weight is 261 g/mol. The van der Waals surface area contributed by atoms with E-state index in [-0.39, 0.29) is 0 Å². The summed E-state index contributed by atoms with van der Waals surface area (Å²) in [6, 6.07) is 19.0. The quantitative estimate of drug-likeness (QED) is 0.710. The zero-order chi connectivity index (χ0) is 11.7. The molecule has 1 heterocycles. The summed E-state index contributed by atoms with van der Waals surface area (Å²) in [5, 5.41) is 2.12. The summed E-state index contributed by atoms with van der Waals surface area (Å²) >= 11 is 7.94. The lowest BCUT2D eigenvalue weighted by atomic mass is 10.0. The van der Waals surface area contributed by atoms with Crippen molar-refractivity contribution < 1.29 is 0 Å². The van der Waals surface area contributed by atoms with Crippen molar-refractivity contribution in [2.24, 2.45) is 0 Å². The predicted molar refractivity (Wildman–Crippen MR) is 75.6 cm³/mol. The summed E-state index contributed by atoms with van der Waals surface area (Å²) in [7, 11) is 0. The van der Waals surface area contributed by atoms with E-state index >= 15 is 0 Å². The summed E-state index contributed by atoms with van der Waals surface area (Å²) in [6.45, 7) is 0. The van der Waals surface area contributed by atoms with Crippen LogP contribution in [0.2, 0.25) is 5.02 Å². The Bertz CT molecular complexity index is 486. The van der Waals surface area contributed by atoms with Crippen molar-refractivity contribution in [3.63, 3.8) is 0 Å². The summed E-state index contributed by atoms with van der Waals surface area (Å²) < 4.78 is 0. The van der Waals surface area contributed by atoms with Gasteiger partial charge in [0, 0.05) is 15.5 Å². The largest absolute Gasteiger partial charge is 0.145 e. The zero-order valence-corrected chi connectivity index (χ0v) is 10.9. The zero-order valence-electron chi connectivity index (χ0n) is 9.34. The van der Waals surface area contributed by atoms with Crippen LogP contribution in [0.15, 0.2) is 54.6 Å². The summed E-state index contributed by atoms with van der Waals surface area (Å²) in [6.07, 6.45) is 1.23. The molecule has 2 atom stereocenters. The van der Waals surface area contributed by atoms with Crippen LogP contribution in [0.5, 0.6) is 0 Å². The molecule has 0 saturated carbocycles. The van der Waals surface area contributed by atoms with Gasteiger partial charge in [0.1, 0.15) is 0 Å². The first-order valence-electron chi connectivity index (χ1n) is 5.79. The van der Waals surface area contributed by atoms with E-state index in [4.69, 9.17) is 11.6 Å². The highest BCUT2D eigenvalue weighted by molar-refractivity contribution is 8.01. The molecule has 3 rings (SSSR count). The maximum atomic E-state index is 5.90. The Morgan fingerprint density at radius 2 is 1.35 bits per heavy atom. The van der Waals surface area contributed by atoms with E-state index in [1.807, 2.05) is 23.9 Å². The maximum absolute atomic E-state index is 5.90. The lowest BCUT2D eigenvalue weighted by molar-refractivity contribution is 0.720. The molecule has 0 bridgehead atoms. The van der Waals surface area contributed by atoms with Crippen molar-refractivity contribution in [2.75, 3.05) is 0 Å². The third-order valence-corrected chi connectivity index (χ3v) is 5.01. The van der Waals surface area contributed by atoms with E-state index in [9.17, 15) is 0 Å². The van der Waals surface area contributed by atoms with Gasteiger partial charge in [-0.3, -0.25) is 0 Å². The Balaban J connectivity index is 1.67. The molecule has 0 aromatic heterocycles. The predicted octanol–water partition coefficient (Wildman–Crippen LogP) is 5.26. The molecule has 0 nitrogen and oxygen atoms in total. The number of hydrogen-bond acceptors (Lipinski definition) is 1. The van der Waals surface area contributed by atoms with Crippen LogP contribution in [0.3, 0.4) is 0 Å². The number of halogens is 1. The molecule has 1 aliphatic rings. The molecule has 2 aromatic rings. The van der Waals surface area contributed by atoms with Gasteiger partial charge in [0.25, 0.3) is 0 Å². The van der Waals surface area contributed by atoms with Crippen LogP contribution in [-0.4, -0.2) is 0 Å². The number of thioether (sulfide) groups is 1. The Labute approximate surface area is 111 Å². The Morgan fingerprint density at radius 3 is 1.94 bits per heavy atom. The first-order valence-corrected chi connectivity index (χ1v) is 7.11. The topological polar surface area (TPSA) is 0 Å². The Morgan fingerprint density at radius 1 is 0.824 bits per heavy atom. The van der Waals surface area contributed by atoms with Gasteiger partial charge in [-0.15, -0.1) is 11.8 Å². The molecule has 0 radical (unpaired) electrons. The molecule has 0 amide bonds. The second-order valence-electron chi connectivity index (χ2n) is 4.31. The van der Waals surface area contributed by atoms with E-state index in [1.54, 1.807) is 0 Å². The molecule has 0 spiro atoms. The Hall–Kier alpha value is -0.920. The highest BCUT2D eigenvalue weighted by Gasteiger charge is 2.31. The third-order valence-electron chi connectivity index (χ3n) is 3.17. The van der Waals surface area contributed by atoms with Crippen molar-refractivity contribution in [1.82, 2.24) is 0 Å². The molecule has 0 unspecified atom stereocenters. The maximum Gasteiger partial charge on any atom is 0.0406 e. The fraction of sp³-hybridized carbons (Fsp3) is 0.200. The molecule has 0 aliphatic carbocycles. The lowest BCUT2D eigenvalue weighted by Crippen LogP contribution is -2.12. The molecule has 0 N–H and O–H groups in total.